The summed E-state index contributed by atoms with van der Waals surface area (Å²) in [6, 6.07) is 20.2. The third-order valence-electron chi connectivity index (χ3n) is 5.94. The van der Waals surface area contributed by atoms with Crippen molar-refractivity contribution in [1.29, 1.82) is 0 Å². The van der Waals surface area contributed by atoms with Crippen LogP contribution >= 0.6 is 0 Å². The Kier molecular flexibility index (Phi) is 6.57. The molecule has 2 aromatic carbocycles. The van der Waals surface area contributed by atoms with Crippen molar-refractivity contribution in [2.45, 2.75) is 50.8 Å². The van der Waals surface area contributed by atoms with E-state index in [1.54, 1.807) is 0 Å². The Bertz CT molecular complexity index is 907. The van der Waals surface area contributed by atoms with Gasteiger partial charge in [-0.15, -0.1) is 0 Å². The average molecular weight is 450 g/mol. The number of hydrogen-bond acceptors (Lipinski definition) is 5. The van der Waals surface area contributed by atoms with E-state index in [9.17, 15) is 13.5 Å². The first-order chi connectivity index (χ1) is 14.1. The van der Waals surface area contributed by atoms with Crippen LogP contribution in [-0.4, -0.2) is 46.7 Å². The Morgan fingerprint density at radius 3 is 2.03 bits per heavy atom. The molecular weight excluding hydrogens is 418 g/mol. The van der Waals surface area contributed by atoms with E-state index >= 15 is 0 Å². The van der Waals surface area contributed by atoms with E-state index in [1.165, 1.54) is 0 Å². The second kappa shape index (κ2) is 8.53. The zero-order valence-electron chi connectivity index (χ0n) is 18.0. The third-order valence-corrected chi connectivity index (χ3v) is 12.0. The summed E-state index contributed by atoms with van der Waals surface area (Å²) in [5, 5.41) is 12.6. The topological polar surface area (TPSA) is 84.9 Å². The molecule has 3 rings (SSSR count). The maximum absolute atomic E-state index is 12.1. The van der Waals surface area contributed by atoms with Gasteiger partial charge in [-0.25, -0.2) is 0 Å². The molecule has 1 aliphatic heterocycles. The van der Waals surface area contributed by atoms with Crippen LogP contribution in [0.3, 0.4) is 0 Å². The fourth-order valence-corrected chi connectivity index (χ4v) is 10.0. The summed E-state index contributed by atoms with van der Waals surface area (Å²) in [5.74, 6) is 0. The molecule has 8 heteroatoms. The molecular formula is C22H31NO5SSi. The lowest BCUT2D eigenvalue weighted by atomic mass is 9.92. The van der Waals surface area contributed by atoms with E-state index in [2.05, 4.69) is 49.8 Å². The zero-order valence-corrected chi connectivity index (χ0v) is 19.8. The predicted molar refractivity (Wildman–Crippen MR) is 121 cm³/mol. The molecule has 0 spiro atoms. The lowest BCUT2D eigenvalue weighted by Crippen LogP contribution is -2.71. The van der Waals surface area contributed by atoms with E-state index in [4.69, 9.17) is 8.61 Å². The Balaban J connectivity index is 2.12. The average Bonchev–Trinajstić information content (AvgIpc) is 2.71. The van der Waals surface area contributed by atoms with Gasteiger partial charge in [0.25, 0.3) is 8.32 Å². The van der Waals surface area contributed by atoms with E-state index in [-0.39, 0.29) is 18.3 Å². The largest absolute Gasteiger partial charge is 0.405 e. The van der Waals surface area contributed by atoms with Crippen LogP contribution in [0.5, 0.6) is 0 Å². The SMILES string of the molecule is CC[C@]1(CO[Si](c2ccccc2)(c2ccccc2)C(C)(C)C)NS(=O)(=O)OC[C@@H]1O. The molecule has 0 radical (unpaired) electrons. The van der Waals surface area contributed by atoms with Gasteiger partial charge in [0, 0.05) is 0 Å². The van der Waals surface area contributed by atoms with E-state index < -0.39 is 30.3 Å². The van der Waals surface area contributed by atoms with Crippen LogP contribution in [0.15, 0.2) is 60.7 Å². The highest BCUT2D eigenvalue weighted by Gasteiger charge is 2.53. The molecule has 0 unspecified atom stereocenters. The minimum absolute atomic E-state index is 0.0422. The summed E-state index contributed by atoms with van der Waals surface area (Å²) in [5.41, 5.74) is -1.15. The monoisotopic (exact) mass is 449 g/mol. The van der Waals surface area contributed by atoms with Crippen LogP contribution in [0.2, 0.25) is 5.04 Å². The number of aliphatic hydroxyl groups excluding tert-OH is 1. The third kappa shape index (κ3) is 4.25. The minimum atomic E-state index is -3.94. The van der Waals surface area contributed by atoms with Crippen molar-refractivity contribution in [3.63, 3.8) is 0 Å². The molecule has 0 aliphatic carbocycles. The smallest absolute Gasteiger partial charge is 0.336 e. The van der Waals surface area contributed by atoms with Crippen LogP contribution in [0.25, 0.3) is 0 Å². The predicted octanol–water partition coefficient (Wildman–Crippen LogP) is 1.94. The van der Waals surface area contributed by atoms with Gasteiger partial charge in [0.15, 0.2) is 0 Å². The maximum atomic E-state index is 12.1. The first-order valence-corrected chi connectivity index (χ1v) is 13.5. The van der Waals surface area contributed by atoms with Crippen molar-refractivity contribution in [2.75, 3.05) is 13.2 Å². The molecule has 1 heterocycles. The van der Waals surface area contributed by atoms with Gasteiger partial charge in [-0.3, -0.25) is 4.18 Å². The summed E-state index contributed by atoms with van der Waals surface area (Å²) < 4.78 is 38.4. The molecule has 164 valence electrons. The molecule has 1 aliphatic rings. The molecule has 1 fully saturated rings. The van der Waals surface area contributed by atoms with Gasteiger partial charge in [0.2, 0.25) is 0 Å². The number of rotatable bonds is 6. The van der Waals surface area contributed by atoms with Crippen molar-refractivity contribution < 1.29 is 22.1 Å². The van der Waals surface area contributed by atoms with E-state index in [0.717, 1.165) is 10.4 Å². The summed E-state index contributed by atoms with van der Waals surface area (Å²) >= 11 is 0. The highest BCUT2D eigenvalue weighted by Crippen LogP contribution is 2.38. The van der Waals surface area contributed by atoms with Crippen molar-refractivity contribution in [1.82, 2.24) is 4.72 Å². The summed E-state index contributed by atoms with van der Waals surface area (Å²) in [7, 11) is -6.80. The van der Waals surface area contributed by atoms with Crippen LogP contribution in [0.4, 0.5) is 0 Å². The Hall–Kier alpha value is -1.55. The van der Waals surface area contributed by atoms with Gasteiger partial charge in [-0.1, -0.05) is 88.4 Å². The fourth-order valence-electron chi connectivity index (χ4n) is 4.19. The van der Waals surface area contributed by atoms with Gasteiger partial charge in [-0.05, 0) is 21.8 Å². The Morgan fingerprint density at radius 2 is 1.60 bits per heavy atom. The Labute approximate surface area is 180 Å². The highest BCUT2D eigenvalue weighted by atomic mass is 32.2. The second-order valence-electron chi connectivity index (χ2n) is 8.82. The van der Waals surface area contributed by atoms with Gasteiger partial charge < -0.3 is 9.53 Å². The molecule has 30 heavy (non-hydrogen) atoms. The molecule has 0 amide bonds. The van der Waals surface area contributed by atoms with Gasteiger partial charge in [0.05, 0.1) is 18.8 Å². The maximum Gasteiger partial charge on any atom is 0.336 e. The minimum Gasteiger partial charge on any atom is -0.405 e. The zero-order chi connectivity index (χ0) is 22.0. The van der Waals surface area contributed by atoms with Crippen molar-refractivity contribution >= 4 is 29.0 Å². The van der Waals surface area contributed by atoms with Gasteiger partial charge in [-0.2, -0.15) is 13.1 Å². The number of aliphatic hydroxyl groups is 1. The van der Waals surface area contributed by atoms with Crippen molar-refractivity contribution in [2.24, 2.45) is 0 Å². The molecule has 2 aromatic rings. The first-order valence-electron chi connectivity index (χ1n) is 10.2. The fraction of sp³-hybridized carbons (Fsp3) is 0.455. The normalized spacial score (nSPS) is 24.5. The first kappa shape index (κ1) is 23.1. The standard InChI is InChI=1S/C22H31NO5SSi/c1-5-22(20(24)16-27-29(25,26)23-22)17-28-30(21(2,3)4,18-12-8-6-9-13-18)19-14-10-7-11-15-19/h6-15,20,23-24H,5,16-17H2,1-4H3/t20-,22+/m0/s1. The molecule has 0 aromatic heterocycles. The molecule has 2 atom stereocenters. The number of hydrogen-bond donors (Lipinski definition) is 2. The number of benzene rings is 2. The molecule has 1 saturated heterocycles. The summed E-state index contributed by atoms with van der Waals surface area (Å²) in [6.07, 6.45) is -0.640. The Morgan fingerprint density at radius 1 is 1.10 bits per heavy atom. The second-order valence-corrected chi connectivity index (χ2v) is 14.5. The van der Waals surface area contributed by atoms with Crippen molar-refractivity contribution in [3.05, 3.63) is 60.7 Å². The van der Waals surface area contributed by atoms with Crippen LogP contribution < -0.4 is 15.1 Å². The van der Waals surface area contributed by atoms with Crippen LogP contribution in [-0.2, 0) is 18.9 Å². The van der Waals surface area contributed by atoms with E-state index in [0.29, 0.717) is 6.42 Å². The van der Waals surface area contributed by atoms with E-state index in [1.807, 2.05) is 43.3 Å². The van der Waals surface area contributed by atoms with Gasteiger partial charge in [0.1, 0.15) is 6.10 Å². The lowest BCUT2D eigenvalue weighted by Gasteiger charge is -2.47. The van der Waals surface area contributed by atoms with Crippen LogP contribution in [0, 0.1) is 0 Å². The quantitative estimate of drug-likeness (QED) is 0.659. The molecule has 2 N–H and O–H groups in total. The van der Waals surface area contributed by atoms with Gasteiger partial charge >= 0.3 is 10.3 Å². The molecule has 0 bridgehead atoms. The molecule has 6 nitrogen and oxygen atoms in total. The van der Waals surface area contributed by atoms with Crippen molar-refractivity contribution in [3.8, 4) is 0 Å². The van der Waals surface area contributed by atoms with Crippen LogP contribution in [0.1, 0.15) is 34.1 Å². The molecule has 0 saturated carbocycles. The summed E-state index contributed by atoms with van der Waals surface area (Å²) in [6.45, 7) is 8.06. The highest BCUT2D eigenvalue weighted by molar-refractivity contribution is 7.84. The summed E-state index contributed by atoms with van der Waals surface area (Å²) in [4.78, 5) is 0. The lowest BCUT2D eigenvalue weighted by molar-refractivity contribution is -0.0134. The number of nitrogens with one attached hydrogen (secondary N) is 1.